The lowest BCUT2D eigenvalue weighted by Crippen LogP contribution is -2.52. The van der Waals surface area contributed by atoms with Crippen LogP contribution in [0.5, 0.6) is 5.75 Å². The fourth-order valence-electron chi connectivity index (χ4n) is 4.00. The van der Waals surface area contributed by atoms with Crippen molar-refractivity contribution in [2.24, 2.45) is 0 Å². The standard InChI is InChI=1S/C26H34N2O3/c1-2-31-26-12-10-24(11-13-26)20-28-16-15-27(21-25(28)14-18-30)19-23-8-6-22(7-9-23)5-3-4-17-29/h6-13,25,29-30H,2,4,14-21H2,1H3. The molecule has 1 fully saturated rings. The van der Waals surface area contributed by atoms with E-state index in [-0.39, 0.29) is 13.2 Å². The minimum atomic E-state index is 0.102. The highest BCUT2D eigenvalue weighted by Crippen LogP contribution is 2.20. The lowest BCUT2D eigenvalue weighted by Gasteiger charge is -2.41. The van der Waals surface area contributed by atoms with Crippen molar-refractivity contribution in [2.75, 3.05) is 39.5 Å². The van der Waals surface area contributed by atoms with Crippen LogP contribution in [0.3, 0.4) is 0 Å². The summed E-state index contributed by atoms with van der Waals surface area (Å²) in [5.74, 6) is 6.94. The minimum absolute atomic E-state index is 0.102. The Morgan fingerprint density at radius 2 is 1.65 bits per heavy atom. The van der Waals surface area contributed by atoms with Gasteiger partial charge in [0.25, 0.3) is 0 Å². The molecule has 5 heteroatoms. The first-order valence-electron chi connectivity index (χ1n) is 11.2. The van der Waals surface area contributed by atoms with Crippen molar-refractivity contribution in [1.29, 1.82) is 0 Å². The van der Waals surface area contributed by atoms with Gasteiger partial charge in [0, 0.05) is 57.4 Å². The third-order valence-corrected chi connectivity index (χ3v) is 5.60. The second kappa shape index (κ2) is 12.5. The molecule has 1 atom stereocenters. The third-order valence-electron chi connectivity index (χ3n) is 5.60. The summed E-state index contributed by atoms with van der Waals surface area (Å²) in [4.78, 5) is 4.96. The number of ether oxygens (including phenoxy) is 1. The molecule has 0 aromatic heterocycles. The topological polar surface area (TPSA) is 56.2 Å². The smallest absolute Gasteiger partial charge is 0.119 e. The summed E-state index contributed by atoms with van der Waals surface area (Å²) in [5, 5.41) is 18.4. The van der Waals surface area contributed by atoms with E-state index in [0.717, 1.165) is 50.5 Å². The molecule has 1 aliphatic rings. The highest BCUT2D eigenvalue weighted by atomic mass is 16.5. The van der Waals surface area contributed by atoms with Gasteiger partial charge in [0.15, 0.2) is 0 Å². The molecule has 1 saturated heterocycles. The van der Waals surface area contributed by atoms with E-state index >= 15 is 0 Å². The first-order chi connectivity index (χ1) is 15.2. The fourth-order valence-corrected chi connectivity index (χ4v) is 4.00. The van der Waals surface area contributed by atoms with Gasteiger partial charge in [0.05, 0.1) is 13.2 Å². The molecule has 0 radical (unpaired) electrons. The molecular weight excluding hydrogens is 388 g/mol. The van der Waals surface area contributed by atoms with Gasteiger partial charge in [-0.05, 0) is 48.7 Å². The van der Waals surface area contributed by atoms with Gasteiger partial charge in [-0.3, -0.25) is 9.80 Å². The normalized spacial score (nSPS) is 17.2. The van der Waals surface area contributed by atoms with Crippen LogP contribution < -0.4 is 4.74 Å². The molecule has 3 rings (SSSR count). The van der Waals surface area contributed by atoms with Crippen LogP contribution in [0.4, 0.5) is 0 Å². The van der Waals surface area contributed by atoms with E-state index in [0.29, 0.717) is 19.1 Å². The molecule has 1 heterocycles. The number of piperazine rings is 1. The molecule has 0 amide bonds. The third kappa shape index (κ3) is 7.37. The van der Waals surface area contributed by atoms with Crippen LogP contribution in [0.15, 0.2) is 48.5 Å². The molecule has 0 saturated carbocycles. The van der Waals surface area contributed by atoms with Crippen molar-refractivity contribution in [3.05, 3.63) is 65.2 Å². The zero-order valence-corrected chi connectivity index (χ0v) is 18.5. The summed E-state index contributed by atoms with van der Waals surface area (Å²) in [5.41, 5.74) is 3.53. The molecule has 166 valence electrons. The van der Waals surface area contributed by atoms with E-state index in [1.165, 1.54) is 11.1 Å². The molecule has 0 bridgehead atoms. The van der Waals surface area contributed by atoms with Crippen molar-refractivity contribution in [1.82, 2.24) is 9.80 Å². The number of nitrogens with zero attached hydrogens (tertiary/aromatic N) is 2. The molecule has 31 heavy (non-hydrogen) atoms. The molecule has 2 aromatic rings. The lowest BCUT2D eigenvalue weighted by atomic mass is 10.1. The number of hydrogen-bond acceptors (Lipinski definition) is 5. The molecule has 5 nitrogen and oxygen atoms in total. The summed E-state index contributed by atoms with van der Waals surface area (Å²) in [6, 6.07) is 17.1. The first-order valence-corrected chi connectivity index (χ1v) is 11.2. The van der Waals surface area contributed by atoms with E-state index in [1.807, 2.05) is 31.2 Å². The van der Waals surface area contributed by atoms with Gasteiger partial charge in [-0.2, -0.15) is 0 Å². The number of rotatable bonds is 9. The minimum Gasteiger partial charge on any atom is -0.494 e. The highest BCUT2D eigenvalue weighted by Gasteiger charge is 2.26. The maximum absolute atomic E-state index is 9.60. The average Bonchev–Trinajstić information content (AvgIpc) is 2.78. The van der Waals surface area contributed by atoms with Crippen molar-refractivity contribution in [3.63, 3.8) is 0 Å². The van der Waals surface area contributed by atoms with Gasteiger partial charge in [-0.1, -0.05) is 36.1 Å². The van der Waals surface area contributed by atoms with E-state index in [1.54, 1.807) is 0 Å². The number of hydrogen-bond donors (Lipinski definition) is 2. The van der Waals surface area contributed by atoms with E-state index in [4.69, 9.17) is 9.84 Å². The molecule has 0 spiro atoms. The molecule has 0 aliphatic carbocycles. The van der Waals surface area contributed by atoms with Crippen LogP contribution in [0, 0.1) is 11.8 Å². The Kier molecular flexibility index (Phi) is 9.39. The zero-order valence-electron chi connectivity index (χ0n) is 18.5. The van der Waals surface area contributed by atoms with Crippen LogP contribution >= 0.6 is 0 Å². The van der Waals surface area contributed by atoms with Crippen molar-refractivity contribution in [3.8, 4) is 17.6 Å². The first kappa shape index (κ1) is 23.3. The predicted molar refractivity (Wildman–Crippen MR) is 124 cm³/mol. The van der Waals surface area contributed by atoms with Crippen LogP contribution in [0.25, 0.3) is 0 Å². The second-order valence-electron chi connectivity index (χ2n) is 7.92. The van der Waals surface area contributed by atoms with Gasteiger partial charge in [0.2, 0.25) is 0 Å². The van der Waals surface area contributed by atoms with Crippen molar-refractivity contribution in [2.45, 2.75) is 38.9 Å². The van der Waals surface area contributed by atoms with Crippen LogP contribution in [0.2, 0.25) is 0 Å². The van der Waals surface area contributed by atoms with E-state index in [2.05, 4.69) is 45.9 Å². The second-order valence-corrected chi connectivity index (χ2v) is 7.92. The van der Waals surface area contributed by atoms with Gasteiger partial charge in [-0.25, -0.2) is 0 Å². The zero-order chi connectivity index (χ0) is 21.9. The summed E-state index contributed by atoms with van der Waals surface area (Å²) in [7, 11) is 0. The predicted octanol–water partition coefficient (Wildman–Crippen LogP) is 2.89. The Balaban J connectivity index is 1.56. The number of aliphatic hydroxyl groups is 2. The average molecular weight is 423 g/mol. The summed E-state index contributed by atoms with van der Waals surface area (Å²) in [6.07, 6.45) is 1.29. The lowest BCUT2D eigenvalue weighted by molar-refractivity contribution is 0.0500. The SMILES string of the molecule is CCOc1ccc(CN2CCN(Cc3ccc(C#CCCO)cc3)CC2CCO)cc1. The Bertz CT molecular complexity index is 840. The fraction of sp³-hybridized carbons (Fsp3) is 0.462. The van der Waals surface area contributed by atoms with Gasteiger partial charge in [-0.15, -0.1) is 0 Å². The summed E-state index contributed by atoms with van der Waals surface area (Å²) < 4.78 is 5.54. The number of benzene rings is 2. The highest BCUT2D eigenvalue weighted by molar-refractivity contribution is 5.36. The van der Waals surface area contributed by atoms with E-state index < -0.39 is 0 Å². The van der Waals surface area contributed by atoms with Crippen LogP contribution in [-0.2, 0) is 13.1 Å². The molecule has 1 unspecified atom stereocenters. The largest absolute Gasteiger partial charge is 0.494 e. The quantitative estimate of drug-likeness (QED) is 0.609. The monoisotopic (exact) mass is 422 g/mol. The van der Waals surface area contributed by atoms with Crippen molar-refractivity contribution < 1.29 is 14.9 Å². The Hall–Kier alpha value is -2.36. The maximum Gasteiger partial charge on any atom is 0.119 e. The Morgan fingerprint density at radius 1 is 0.935 bits per heavy atom. The summed E-state index contributed by atoms with van der Waals surface area (Å²) in [6.45, 7) is 7.74. The molecule has 2 aromatic carbocycles. The molecule has 2 N–H and O–H groups in total. The van der Waals surface area contributed by atoms with Gasteiger partial charge < -0.3 is 14.9 Å². The Morgan fingerprint density at radius 3 is 2.32 bits per heavy atom. The maximum atomic E-state index is 9.60. The molecule has 1 aliphatic heterocycles. The Labute approximate surface area is 186 Å². The van der Waals surface area contributed by atoms with Crippen LogP contribution in [-0.4, -0.2) is 65.5 Å². The van der Waals surface area contributed by atoms with Gasteiger partial charge >= 0.3 is 0 Å². The van der Waals surface area contributed by atoms with E-state index in [9.17, 15) is 5.11 Å². The van der Waals surface area contributed by atoms with Crippen LogP contribution in [0.1, 0.15) is 36.5 Å². The molecular formula is C26H34N2O3. The van der Waals surface area contributed by atoms with Gasteiger partial charge in [0.1, 0.15) is 5.75 Å². The summed E-state index contributed by atoms with van der Waals surface area (Å²) >= 11 is 0. The number of aliphatic hydroxyl groups excluding tert-OH is 2. The van der Waals surface area contributed by atoms with Crippen molar-refractivity contribution >= 4 is 0 Å².